The molecule has 0 fully saturated rings. The van der Waals surface area contributed by atoms with Gasteiger partial charge in [0.05, 0.1) is 4.88 Å². The van der Waals surface area contributed by atoms with Crippen LogP contribution in [0.1, 0.15) is 10.4 Å². The van der Waals surface area contributed by atoms with Crippen molar-refractivity contribution >= 4 is 33.7 Å². The molecule has 0 amide bonds. The summed E-state index contributed by atoms with van der Waals surface area (Å²) in [6.45, 7) is 3.84. The Bertz CT molecular complexity index is 494. The number of thiophene rings is 1. The second-order valence-corrected chi connectivity index (χ2v) is 4.05. The van der Waals surface area contributed by atoms with Gasteiger partial charge >= 0.3 is 0 Å². The summed E-state index contributed by atoms with van der Waals surface area (Å²) in [7, 11) is 1.79. The van der Waals surface area contributed by atoms with Gasteiger partial charge in [0.2, 0.25) is 0 Å². The van der Waals surface area contributed by atoms with Crippen LogP contribution in [0.15, 0.2) is 35.8 Å². The monoisotopic (exact) mass is 201 g/mol. The highest BCUT2D eigenvalue weighted by atomic mass is 32.1. The summed E-state index contributed by atoms with van der Waals surface area (Å²) in [5.41, 5.74) is 1.19. The lowest BCUT2D eigenvalue weighted by atomic mass is 10.1. The van der Waals surface area contributed by atoms with Crippen molar-refractivity contribution in [3.8, 4) is 0 Å². The fourth-order valence-corrected chi connectivity index (χ4v) is 2.64. The molecular weight excluding hydrogens is 190 g/mol. The Labute approximate surface area is 87.4 Å². The van der Waals surface area contributed by atoms with Crippen molar-refractivity contribution in [2.24, 2.45) is 4.99 Å². The Balaban J connectivity index is 2.78. The van der Waals surface area contributed by atoms with Gasteiger partial charge in [0.1, 0.15) is 0 Å². The Morgan fingerprint density at radius 1 is 1.36 bits per heavy atom. The zero-order chi connectivity index (χ0) is 9.97. The van der Waals surface area contributed by atoms with Crippen LogP contribution in [0.5, 0.6) is 0 Å². The molecule has 1 heterocycles. The second-order valence-electron chi connectivity index (χ2n) is 2.97. The number of aliphatic imine (C=N–C) groups is 1. The number of fused-ring (bicyclic) bond motifs is 1. The minimum Gasteiger partial charge on any atom is -0.295 e. The lowest BCUT2D eigenvalue weighted by Gasteiger charge is -1.91. The molecule has 1 aromatic heterocycles. The van der Waals surface area contributed by atoms with Crippen molar-refractivity contribution in [2.75, 3.05) is 7.05 Å². The third-order valence-corrected chi connectivity index (χ3v) is 3.23. The Morgan fingerprint density at radius 2 is 2.14 bits per heavy atom. The highest BCUT2D eigenvalue weighted by Crippen LogP contribution is 2.30. The molecule has 0 unspecified atom stereocenters. The first-order valence-electron chi connectivity index (χ1n) is 4.43. The van der Waals surface area contributed by atoms with E-state index in [0.717, 1.165) is 0 Å². The summed E-state index contributed by atoms with van der Waals surface area (Å²) < 4.78 is 1.29. The Morgan fingerprint density at radius 3 is 2.86 bits per heavy atom. The molecule has 0 radical (unpaired) electrons. The number of rotatable bonds is 2. The van der Waals surface area contributed by atoms with Crippen LogP contribution in [0.4, 0.5) is 0 Å². The van der Waals surface area contributed by atoms with Crippen LogP contribution in [0, 0.1) is 0 Å². The first-order valence-corrected chi connectivity index (χ1v) is 5.24. The zero-order valence-electron chi connectivity index (χ0n) is 8.03. The number of hydrogen-bond acceptors (Lipinski definition) is 2. The van der Waals surface area contributed by atoms with E-state index in [-0.39, 0.29) is 0 Å². The van der Waals surface area contributed by atoms with Crippen LogP contribution < -0.4 is 0 Å². The van der Waals surface area contributed by atoms with Crippen LogP contribution in [0.3, 0.4) is 0 Å². The van der Waals surface area contributed by atoms with E-state index in [2.05, 4.69) is 35.8 Å². The van der Waals surface area contributed by atoms with Crippen molar-refractivity contribution in [2.45, 2.75) is 0 Å². The van der Waals surface area contributed by atoms with E-state index in [1.165, 1.54) is 20.5 Å². The van der Waals surface area contributed by atoms with Crippen LogP contribution in [0.2, 0.25) is 0 Å². The number of nitrogens with zero attached hydrogens (tertiary/aromatic N) is 1. The SMILES string of the molecule is C=Cc1c(C=NC)sc2ccccc12. The van der Waals surface area contributed by atoms with E-state index in [9.17, 15) is 0 Å². The largest absolute Gasteiger partial charge is 0.295 e. The van der Waals surface area contributed by atoms with Crippen molar-refractivity contribution in [3.05, 3.63) is 41.3 Å². The average molecular weight is 201 g/mol. The van der Waals surface area contributed by atoms with E-state index >= 15 is 0 Å². The van der Waals surface area contributed by atoms with Crippen molar-refractivity contribution in [3.63, 3.8) is 0 Å². The first-order chi connectivity index (χ1) is 6.86. The summed E-state index contributed by atoms with van der Waals surface area (Å²) >= 11 is 1.75. The highest BCUT2D eigenvalue weighted by Gasteiger charge is 2.06. The van der Waals surface area contributed by atoms with Gasteiger partial charge in [0, 0.05) is 28.9 Å². The summed E-state index contributed by atoms with van der Waals surface area (Å²) in [6, 6.07) is 8.35. The lowest BCUT2D eigenvalue weighted by molar-refractivity contribution is 1.47. The van der Waals surface area contributed by atoms with E-state index in [1.54, 1.807) is 18.4 Å². The molecule has 0 atom stereocenters. The third-order valence-electron chi connectivity index (χ3n) is 2.11. The van der Waals surface area contributed by atoms with Gasteiger partial charge in [-0.2, -0.15) is 0 Å². The molecule has 0 aliphatic heterocycles. The molecule has 2 rings (SSSR count). The maximum Gasteiger partial charge on any atom is 0.0533 e. The predicted molar refractivity (Wildman–Crippen MR) is 65.4 cm³/mol. The van der Waals surface area contributed by atoms with E-state index in [4.69, 9.17) is 0 Å². The van der Waals surface area contributed by atoms with Crippen LogP contribution in [-0.4, -0.2) is 13.3 Å². The molecule has 0 aliphatic rings. The van der Waals surface area contributed by atoms with Gasteiger partial charge in [-0.15, -0.1) is 11.3 Å². The maximum absolute atomic E-state index is 4.05. The van der Waals surface area contributed by atoms with Crippen molar-refractivity contribution < 1.29 is 0 Å². The van der Waals surface area contributed by atoms with Gasteiger partial charge < -0.3 is 0 Å². The molecule has 2 aromatic rings. The van der Waals surface area contributed by atoms with Gasteiger partial charge in [-0.05, 0) is 6.07 Å². The Hall–Kier alpha value is -1.41. The molecule has 0 saturated heterocycles. The van der Waals surface area contributed by atoms with Gasteiger partial charge in [0.15, 0.2) is 0 Å². The molecule has 70 valence electrons. The standard InChI is InChI=1S/C12H11NS/c1-3-9-10-6-4-5-7-11(10)14-12(9)8-13-2/h3-8H,1H2,2H3. The minimum absolute atomic E-state index is 1.18. The van der Waals surface area contributed by atoms with Crippen LogP contribution in [0.25, 0.3) is 16.2 Å². The topological polar surface area (TPSA) is 12.4 Å². The van der Waals surface area contributed by atoms with Gasteiger partial charge in [-0.25, -0.2) is 0 Å². The van der Waals surface area contributed by atoms with Crippen LogP contribution in [-0.2, 0) is 0 Å². The lowest BCUT2D eigenvalue weighted by Crippen LogP contribution is -1.77. The van der Waals surface area contributed by atoms with E-state index < -0.39 is 0 Å². The van der Waals surface area contributed by atoms with Gasteiger partial charge in [0.25, 0.3) is 0 Å². The highest BCUT2D eigenvalue weighted by molar-refractivity contribution is 7.20. The number of benzene rings is 1. The van der Waals surface area contributed by atoms with Gasteiger partial charge in [-0.3, -0.25) is 4.99 Å². The fourth-order valence-electron chi connectivity index (χ4n) is 1.51. The van der Waals surface area contributed by atoms with E-state index in [0.29, 0.717) is 0 Å². The maximum atomic E-state index is 4.05. The quantitative estimate of drug-likeness (QED) is 0.658. The molecule has 2 heteroatoms. The minimum atomic E-state index is 1.18. The number of hydrogen-bond donors (Lipinski definition) is 0. The van der Waals surface area contributed by atoms with E-state index in [1.807, 2.05) is 12.3 Å². The average Bonchev–Trinajstić information content (AvgIpc) is 2.55. The molecule has 14 heavy (non-hydrogen) atoms. The molecule has 1 nitrogen and oxygen atoms in total. The van der Waals surface area contributed by atoms with Crippen LogP contribution >= 0.6 is 11.3 Å². The normalized spacial score (nSPS) is 11.2. The van der Waals surface area contributed by atoms with Crippen molar-refractivity contribution in [1.82, 2.24) is 0 Å². The molecule has 0 bridgehead atoms. The molecule has 0 spiro atoms. The summed E-state index contributed by atoms with van der Waals surface area (Å²) in [6.07, 6.45) is 3.79. The fraction of sp³-hybridized carbons (Fsp3) is 0.0833. The third kappa shape index (κ3) is 1.38. The second kappa shape index (κ2) is 3.76. The molecule has 0 saturated carbocycles. The first kappa shape index (κ1) is 9.16. The summed E-state index contributed by atoms with van der Waals surface area (Å²) in [5.74, 6) is 0. The molecule has 1 aromatic carbocycles. The Kier molecular flexibility index (Phi) is 2.46. The molecule has 0 N–H and O–H groups in total. The zero-order valence-corrected chi connectivity index (χ0v) is 8.84. The van der Waals surface area contributed by atoms with Crippen molar-refractivity contribution in [1.29, 1.82) is 0 Å². The molecule has 0 aliphatic carbocycles. The molecular formula is C12H11NS. The predicted octanol–water partition coefficient (Wildman–Crippen LogP) is 3.59. The summed E-state index contributed by atoms with van der Waals surface area (Å²) in [4.78, 5) is 5.23. The summed E-state index contributed by atoms with van der Waals surface area (Å²) in [5, 5.41) is 1.27. The smallest absolute Gasteiger partial charge is 0.0533 e. The van der Waals surface area contributed by atoms with Gasteiger partial charge in [-0.1, -0.05) is 30.9 Å².